The quantitative estimate of drug-likeness (QED) is 0.450. The maximum atomic E-state index is 11.4. The van der Waals surface area contributed by atoms with Gasteiger partial charge in [0.2, 0.25) is 5.91 Å². The molecule has 0 radical (unpaired) electrons. The number of primary amides is 1. The third kappa shape index (κ3) is 6.37. The molecule has 0 aliphatic heterocycles. The Hall–Kier alpha value is -1.83. The van der Waals surface area contributed by atoms with Crippen molar-refractivity contribution in [1.82, 2.24) is 10.6 Å². The van der Waals surface area contributed by atoms with Crippen molar-refractivity contribution in [2.24, 2.45) is 5.73 Å². The number of hydrogen-bond donors (Lipinski definition) is 4. The Balaban J connectivity index is 2.17. The van der Waals surface area contributed by atoms with Crippen molar-refractivity contribution in [2.75, 3.05) is 13.2 Å². The minimum absolute atomic E-state index is 0.265. The lowest BCUT2D eigenvalue weighted by atomic mass is 10.2. The number of carbonyl (C=O) groups excluding carboxylic acids is 2. The van der Waals surface area contributed by atoms with Gasteiger partial charge in [-0.3, -0.25) is 4.79 Å². The highest BCUT2D eigenvalue weighted by atomic mass is 16.5. The molecule has 0 aromatic carbocycles. The summed E-state index contributed by atoms with van der Waals surface area (Å²) < 4.78 is 5.54. The molecule has 0 heterocycles. The number of nitrogens with two attached hydrogens (primary N) is 1. The summed E-state index contributed by atoms with van der Waals surface area (Å²) in [6.07, 6.45) is 4.26. The Morgan fingerprint density at radius 3 is 2.50 bits per heavy atom. The number of carbonyl (C=O) groups is 3. The van der Waals surface area contributed by atoms with E-state index in [2.05, 4.69) is 10.6 Å². The number of urea groups is 1. The van der Waals surface area contributed by atoms with Crippen LogP contribution in [0.3, 0.4) is 0 Å². The van der Waals surface area contributed by atoms with Crippen molar-refractivity contribution in [3.05, 3.63) is 0 Å². The summed E-state index contributed by atoms with van der Waals surface area (Å²) in [5.41, 5.74) is 4.90. The van der Waals surface area contributed by atoms with Gasteiger partial charge in [0.1, 0.15) is 6.04 Å². The molecule has 0 spiro atoms. The molecular formula is C12H21N3O5. The van der Waals surface area contributed by atoms with E-state index in [9.17, 15) is 14.4 Å². The third-order valence-electron chi connectivity index (χ3n) is 3.05. The normalized spacial score (nSPS) is 16.6. The van der Waals surface area contributed by atoms with Gasteiger partial charge in [0.15, 0.2) is 0 Å². The van der Waals surface area contributed by atoms with Crippen molar-refractivity contribution >= 4 is 17.9 Å². The summed E-state index contributed by atoms with van der Waals surface area (Å²) >= 11 is 0. The maximum Gasteiger partial charge on any atom is 0.326 e. The predicted molar refractivity (Wildman–Crippen MR) is 70.0 cm³/mol. The first-order chi connectivity index (χ1) is 9.49. The molecule has 1 aliphatic carbocycles. The first-order valence-electron chi connectivity index (χ1n) is 6.66. The van der Waals surface area contributed by atoms with Crippen molar-refractivity contribution in [3.63, 3.8) is 0 Å². The Bertz CT molecular complexity index is 355. The number of aliphatic carboxylic acids is 1. The fraction of sp³-hybridized carbons (Fsp3) is 0.750. The Labute approximate surface area is 117 Å². The van der Waals surface area contributed by atoms with Crippen molar-refractivity contribution in [2.45, 2.75) is 44.2 Å². The van der Waals surface area contributed by atoms with E-state index in [0.717, 1.165) is 12.8 Å². The molecule has 1 atom stereocenters. The van der Waals surface area contributed by atoms with Gasteiger partial charge < -0.3 is 26.2 Å². The van der Waals surface area contributed by atoms with Crippen LogP contribution in [0.15, 0.2) is 0 Å². The predicted octanol–water partition coefficient (Wildman–Crippen LogP) is -0.427. The first-order valence-corrected chi connectivity index (χ1v) is 6.66. The highest BCUT2D eigenvalue weighted by Gasteiger charge is 2.22. The largest absolute Gasteiger partial charge is 0.480 e. The molecule has 1 aliphatic rings. The third-order valence-corrected chi connectivity index (χ3v) is 3.05. The van der Waals surface area contributed by atoms with Crippen molar-refractivity contribution in [1.29, 1.82) is 0 Å². The highest BCUT2D eigenvalue weighted by molar-refractivity contribution is 5.87. The van der Waals surface area contributed by atoms with E-state index in [1.54, 1.807) is 0 Å². The monoisotopic (exact) mass is 287 g/mol. The molecule has 1 saturated carbocycles. The molecule has 0 saturated heterocycles. The van der Waals surface area contributed by atoms with Crippen LogP contribution in [0.5, 0.6) is 0 Å². The van der Waals surface area contributed by atoms with Gasteiger partial charge in [0.25, 0.3) is 0 Å². The van der Waals surface area contributed by atoms with E-state index in [1.165, 1.54) is 12.8 Å². The van der Waals surface area contributed by atoms with E-state index in [0.29, 0.717) is 6.61 Å². The molecule has 114 valence electrons. The minimum atomic E-state index is -1.32. The van der Waals surface area contributed by atoms with Crippen LogP contribution in [0.1, 0.15) is 32.1 Å². The molecule has 0 aromatic rings. The number of amides is 3. The van der Waals surface area contributed by atoms with Crippen LogP contribution in [0.2, 0.25) is 0 Å². The Morgan fingerprint density at radius 1 is 1.30 bits per heavy atom. The second-order valence-corrected chi connectivity index (χ2v) is 4.74. The first kappa shape index (κ1) is 16.2. The second-order valence-electron chi connectivity index (χ2n) is 4.74. The molecule has 0 unspecified atom stereocenters. The van der Waals surface area contributed by atoms with Gasteiger partial charge in [-0.05, 0) is 12.8 Å². The SMILES string of the molecule is NC(=O)C[C@@H](NC(=O)NCCOC1CCCC1)C(=O)O. The smallest absolute Gasteiger partial charge is 0.326 e. The van der Waals surface area contributed by atoms with Crippen LogP contribution in [0.25, 0.3) is 0 Å². The van der Waals surface area contributed by atoms with E-state index >= 15 is 0 Å². The van der Waals surface area contributed by atoms with Gasteiger partial charge in [0.05, 0.1) is 19.1 Å². The van der Waals surface area contributed by atoms with Crippen LogP contribution >= 0.6 is 0 Å². The Kier molecular flexibility index (Phi) is 6.78. The lowest BCUT2D eigenvalue weighted by molar-refractivity contribution is -0.140. The average Bonchev–Trinajstić information content (AvgIpc) is 2.86. The number of rotatable bonds is 8. The van der Waals surface area contributed by atoms with Crippen molar-refractivity contribution < 1.29 is 24.2 Å². The van der Waals surface area contributed by atoms with Gasteiger partial charge in [-0.1, -0.05) is 12.8 Å². The summed E-state index contributed by atoms with van der Waals surface area (Å²) in [6.45, 7) is 0.664. The summed E-state index contributed by atoms with van der Waals surface area (Å²) in [6, 6.07) is -1.98. The van der Waals surface area contributed by atoms with Gasteiger partial charge in [0, 0.05) is 6.54 Å². The molecule has 20 heavy (non-hydrogen) atoms. The fourth-order valence-corrected chi connectivity index (χ4v) is 2.06. The fourth-order valence-electron chi connectivity index (χ4n) is 2.06. The van der Waals surface area contributed by atoms with Gasteiger partial charge in [-0.2, -0.15) is 0 Å². The van der Waals surface area contributed by atoms with Gasteiger partial charge in [-0.25, -0.2) is 9.59 Å². The van der Waals surface area contributed by atoms with E-state index < -0.39 is 30.4 Å². The van der Waals surface area contributed by atoms with Crippen LogP contribution < -0.4 is 16.4 Å². The molecule has 3 amide bonds. The molecule has 1 fully saturated rings. The molecular weight excluding hydrogens is 266 g/mol. The maximum absolute atomic E-state index is 11.4. The zero-order chi connectivity index (χ0) is 15.0. The number of ether oxygens (including phenoxy) is 1. The van der Waals surface area contributed by atoms with Crippen LogP contribution in [-0.4, -0.2) is 48.3 Å². The molecule has 8 heteroatoms. The minimum Gasteiger partial charge on any atom is -0.480 e. The summed E-state index contributed by atoms with van der Waals surface area (Å²) in [4.78, 5) is 32.9. The zero-order valence-electron chi connectivity index (χ0n) is 11.3. The van der Waals surface area contributed by atoms with Crippen molar-refractivity contribution in [3.8, 4) is 0 Å². The summed E-state index contributed by atoms with van der Waals surface area (Å²) in [7, 11) is 0. The zero-order valence-corrected chi connectivity index (χ0v) is 11.3. The van der Waals surface area contributed by atoms with Gasteiger partial charge >= 0.3 is 12.0 Å². The van der Waals surface area contributed by atoms with E-state index in [1.807, 2.05) is 0 Å². The Morgan fingerprint density at radius 2 is 1.95 bits per heavy atom. The number of carboxylic acid groups (broad SMARTS) is 1. The van der Waals surface area contributed by atoms with Crippen LogP contribution in [-0.2, 0) is 14.3 Å². The number of carboxylic acids is 1. The lowest BCUT2D eigenvalue weighted by Gasteiger charge is -2.15. The highest BCUT2D eigenvalue weighted by Crippen LogP contribution is 2.20. The van der Waals surface area contributed by atoms with Crippen LogP contribution in [0, 0.1) is 0 Å². The molecule has 0 bridgehead atoms. The van der Waals surface area contributed by atoms with E-state index in [4.69, 9.17) is 15.6 Å². The second kappa shape index (κ2) is 8.36. The van der Waals surface area contributed by atoms with E-state index in [-0.39, 0.29) is 12.6 Å². The standard InChI is InChI=1S/C12H21N3O5/c13-10(16)7-9(11(17)18)15-12(19)14-5-6-20-8-3-1-2-4-8/h8-9H,1-7H2,(H2,13,16)(H,17,18)(H2,14,15,19)/t9-/m1/s1. The van der Waals surface area contributed by atoms with Crippen LogP contribution in [0.4, 0.5) is 4.79 Å². The molecule has 5 N–H and O–H groups in total. The molecule has 0 aromatic heterocycles. The average molecular weight is 287 g/mol. The summed E-state index contributed by atoms with van der Waals surface area (Å²) in [5, 5.41) is 13.5. The summed E-state index contributed by atoms with van der Waals surface area (Å²) in [5.74, 6) is -2.09. The molecule has 8 nitrogen and oxygen atoms in total. The number of hydrogen-bond acceptors (Lipinski definition) is 4. The topological polar surface area (TPSA) is 131 Å². The number of nitrogens with one attached hydrogen (secondary N) is 2. The molecule has 1 rings (SSSR count). The lowest BCUT2D eigenvalue weighted by Crippen LogP contribution is -2.48. The van der Waals surface area contributed by atoms with Gasteiger partial charge in [-0.15, -0.1) is 0 Å².